The molecule has 3 nitrogen and oxygen atoms in total. The van der Waals surface area contributed by atoms with Crippen molar-refractivity contribution >= 4 is 5.97 Å². The Bertz CT molecular complexity index is 157. The van der Waals surface area contributed by atoms with E-state index < -0.39 is 5.97 Å². The van der Waals surface area contributed by atoms with Gasteiger partial charge < -0.3 is 10.2 Å². The van der Waals surface area contributed by atoms with Gasteiger partial charge in [-0.2, -0.15) is 0 Å². The first-order valence-electron chi connectivity index (χ1n) is 5.45. The molecule has 0 saturated carbocycles. The van der Waals surface area contributed by atoms with Gasteiger partial charge in [0.05, 0.1) is 5.92 Å². The number of rotatable bonds is 8. The Hall–Kier alpha value is -0.570. The van der Waals surface area contributed by atoms with Crippen LogP contribution in [0.1, 0.15) is 46.0 Å². The van der Waals surface area contributed by atoms with E-state index in [0.29, 0.717) is 6.42 Å². The molecule has 2 atom stereocenters. The topological polar surface area (TPSA) is 57.5 Å². The van der Waals surface area contributed by atoms with Crippen LogP contribution in [-0.4, -0.2) is 22.8 Å². The van der Waals surface area contributed by atoms with Crippen LogP contribution in [-0.2, 0) is 4.79 Å². The van der Waals surface area contributed by atoms with Crippen molar-refractivity contribution in [3.63, 3.8) is 0 Å². The summed E-state index contributed by atoms with van der Waals surface area (Å²) in [6.45, 7) is 4.07. The van der Waals surface area contributed by atoms with Crippen LogP contribution in [0, 0.1) is 11.8 Å². The standard InChI is InChI=1S/C11H22O3/c1-3-4-5-6-10(11(13)14)7-9(2)8-12/h9-10,12H,3-8H2,1-2H3,(H,13,14). The zero-order chi connectivity index (χ0) is 11.0. The summed E-state index contributed by atoms with van der Waals surface area (Å²) < 4.78 is 0. The van der Waals surface area contributed by atoms with Gasteiger partial charge in [0.25, 0.3) is 0 Å². The first-order valence-corrected chi connectivity index (χ1v) is 5.45. The molecule has 0 aromatic rings. The van der Waals surface area contributed by atoms with E-state index in [1.54, 1.807) is 0 Å². The van der Waals surface area contributed by atoms with Crippen LogP contribution in [0.5, 0.6) is 0 Å². The molecule has 0 aliphatic heterocycles. The summed E-state index contributed by atoms with van der Waals surface area (Å²) in [5, 5.41) is 17.8. The number of aliphatic carboxylic acids is 1. The number of aliphatic hydroxyl groups is 1. The SMILES string of the molecule is CCCCCC(CC(C)CO)C(=O)O. The zero-order valence-corrected chi connectivity index (χ0v) is 9.20. The van der Waals surface area contributed by atoms with Crippen LogP contribution in [0.3, 0.4) is 0 Å². The summed E-state index contributed by atoms with van der Waals surface area (Å²) in [6.07, 6.45) is 4.52. The fourth-order valence-electron chi connectivity index (χ4n) is 1.54. The molecule has 0 aromatic carbocycles. The van der Waals surface area contributed by atoms with E-state index in [1.165, 1.54) is 0 Å². The summed E-state index contributed by atoms with van der Waals surface area (Å²) in [4.78, 5) is 10.9. The predicted octanol–water partition coefficient (Wildman–Crippen LogP) is 2.29. The normalized spacial score (nSPS) is 15.1. The summed E-state index contributed by atoms with van der Waals surface area (Å²) in [5.74, 6) is -0.900. The van der Waals surface area contributed by atoms with Crippen molar-refractivity contribution in [2.45, 2.75) is 46.0 Å². The first kappa shape index (κ1) is 13.4. The van der Waals surface area contributed by atoms with Gasteiger partial charge in [0.1, 0.15) is 0 Å². The smallest absolute Gasteiger partial charge is 0.306 e. The average molecular weight is 202 g/mol. The lowest BCUT2D eigenvalue weighted by Gasteiger charge is -2.15. The van der Waals surface area contributed by atoms with Gasteiger partial charge in [-0.25, -0.2) is 0 Å². The van der Waals surface area contributed by atoms with Crippen molar-refractivity contribution < 1.29 is 15.0 Å². The fourth-order valence-corrected chi connectivity index (χ4v) is 1.54. The number of hydrogen-bond donors (Lipinski definition) is 2. The van der Waals surface area contributed by atoms with Crippen molar-refractivity contribution in [3.05, 3.63) is 0 Å². The number of aliphatic hydroxyl groups excluding tert-OH is 1. The number of hydrogen-bond acceptors (Lipinski definition) is 2. The molecule has 84 valence electrons. The monoisotopic (exact) mass is 202 g/mol. The molecule has 0 aliphatic rings. The van der Waals surface area contributed by atoms with Gasteiger partial charge in [0.15, 0.2) is 0 Å². The molecule has 0 amide bonds. The van der Waals surface area contributed by atoms with Gasteiger partial charge in [-0.15, -0.1) is 0 Å². The highest BCUT2D eigenvalue weighted by Gasteiger charge is 2.19. The Morgan fingerprint density at radius 1 is 1.36 bits per heavy atom. The van der Waals surface area contributed by atoms with E-state index in [4.69, 9.17) is 10.2 Å². The van der Waals surface area contributed by atoms with Gasteiger partial charge in [0, 0.05) is 6.61 Å². The lowest BCUT2D eigenvalue weighted by atomic mass is 9.91. The van der Waals surface area contributed by atoms with E-state index in [1.807, 2.05) is 6.92 Å². The number of carboxylic acids is 1. The maximum absolute atomic E-state index is 10.9. The van der Waals surface area contributed by atoms with Crippen LogP contribution >= 0.6 is 0 Å². The molecular formula is C11H22O3. The van der Waals surface area contributed by atoms with Gasteiger partial charge in [-0.1, -0.05) is 33.1 Å². The molecule has 0 saturated heterocycles. The van der Waals surface area contributed by atoms with Crippen LogP contribution in [0.25, 0.3) is 0 Å². The van der Waals surface area contributed by atoms with Crippen molar-refractivity contribution in [1.82, 2.24) is 0 Å². The highest BCUT2D eigenvalue weighted by molar-refractivity contribution is 5.69. The molecule has 0 radical (unpaired) electrons. The van der Waals surface area contributed by atoms with Gasteiger partial charge in [-0.05, 0) is 18.8 Å². The lowest BCUT2D eigenvalue weighted by molar-refractivity contribution is -0.142. The summed E-state index contributed by atoms with van der Waals surface area (Å²) in [6, 6.07) is 0. The minimum atomic E-state index is -0.721. The minimum absolute atomic E-state index is 0.0809. The average Bonchev–Trinajstić information content (AvgIpc) is 2.16. The molecule has 0 bridgehead atoms. The van der Waals surface area contributed by atoms with E-state index in [9.17, 15) is 4.79 Å². The quantitative estimate of drug-likeness (QED) is 0.594. The van der Waals surface area contributed by atoms with Crippen molar-refractivity contribution in [2.75, 3.05) is 6.61 Å². The van der Waals surface area contributed by atoms with E-state index >= 15 is 0 Å². The Morgan fingerprint density at radius 3 is 2.43 bits per heavy atom. The third kappa shape index (κ3) is 5.97. The zero-order valence-electron chi connectivity index (χ0n) is 9.20. The maximum atomic E-state index is 10.9. The molecule has 0 heterocycles. The number of carbonyl (C=O) groups is 1. The summed E-state index contributed by atoms with van der Waals surface area (Å²) >= 11 is 0. The van der Waals surface area contributed by atoms with Crippen molar-refractivity contribution in [2.24, 2.45) is 11.8 Å². The molecule has 2 unspecified atom stereocenters. The van der Waals surface area contributed by atoms with Crippen LogP contribution in [0.4, 0.5) is 0 Å². The second-order valence-electron chi connectivity index (χ2n) is 4.05. The summed E-state index contributed by atoms with van der Waals surface area (Å²) in [7, 11) is 0. The fraction of sp³-hybridized carbons (Fsp3) is 0.909. The maximum Gasteiger partial charge on any atom is 0.306 e. The highest BCUT2D eigenvalue weighted by atomic mass is 16.4. The Balaban J connectivity index is 3.84. The molecule has 14 heavy (non-hydrogen) atoms. The van der Waals surface area contributed by atoms with Crippen LogP contribution in [0.2, 0.25) is 0 Å². The lowest BCUT2D eigenvalue weighted by Crippen LogP contribution is -2.18. The molecule has 3 heteroatoms. The largest absolute Gasteiger partial charge is 0.481 e. The Morgan fingerprint density at radius 2 is 2.00 bits per heavy atom. The third-order valence-corrected chi connectivity index (χ3v) is 2.50. The van der Waals surface area contributed by atoms with E-state index in [0.717, 1.165) is 25.7 Å². The van der Waals surface area contributed by atoms with E-state index in [-0.39, 0.29) is 18.4 Å². The first-order chi connectivity index (χ1) is 6.61. The summed E-state index contributed by atoms with van der Waals surface area (Å²) in [5.41, 5.74) is 0. The van der Waals surface area contributed by atoms with Crippen LogP contribution < -0.4 is 0 Å². The van der Waals surface area contributed by atoms with Gasteiger partial charge in [0.2, 0.25) is 0 Å². The van der Waals surface area contributed by atoms with Crippen molar-refractivity contribution in [1.29, 1.82) is 0 Å². The highest BCUT2D eigenvalue weighted by Crippen LogP contribution is 2.18. The molecular weight excluding hydrogens is 180 g/mol. The Kier molecular flexibility index (Phi) is 7.48. The minimum Gasteiger partial charge on any atom is -0.481 e. The molecule has 0 spiro atoms. The molecule has 0 fully saturated rings. The third-order valence-electron chi connectivity index (χ3n) is 2.50. The second kappa shape index (κ2) is 7.80. The number of unbranched alkanes of at least 4 members (excludes halogenated alkanes) is 2. The molecule has 2 N–H and O–H groups in total. The molecule has 0 aliphatic carbocycles. The van der Waals surface area contributed by atoms with Crippen LogP contribution in [0.15, 0.2) is 0 Å². The van der Waals surface area contributed by atoms with E-state index in [2.05, 4.69) is 6.92 Å². The van der Waals surface area contributed by atoms with Gasteiger partial charge in [-0.3, -0.25) is 4.79 Å². The van der Waals surface area contributed by atoms with Gasteiger partial charge >= 0.3 is 5.97 Å². The molecule has 0 aromatic heterocycles. The molecule has 0 rings (SSSR count). The second-order valence-corrected chi connectivity index (χ2v) is 4.05. The van der Waals surface area contributed by atoms with Crippen molar-refractivity contribution in [3.8, 4) is 0 Å². The predicted molar refractivity (Wildman–Crippen MR) is 56.1 cm³/mol. The Labute approximate surface area is 86.1 Å². The number of carboxylic acid groups (broad SMARTS) is 1.